The maximum Gasteiger partial charge on any atom is 0.282 e. The molecule has 12 heteroatoms. The lowest BCUT2D eigenvalue weighted by molar-refractivity contribution is 0.589. The van der Waals surface area contributed by atoms with Crippen LogP contribution >= 0.6 is 33.9 Å². The summed E-state index contributed by atoms with van der Waals surface area (Å²) >= 11 is 3.33. The molecular weight excluding hydrogens is 513 g/mol. The Labute approximate surface area is 179 Å². The number of hydrogen-bond acceptors (Lipinski definition) is 6. The lowest BCUT2D eigenvalue weighted by Gasteiger charge is -2.20. The van der Waals surface area contributed by atoms with Crippen LogP contribution in [0.25, 0.3) is 4.96 Å². The number of benzene rings is 1. The van der Waals surface area contributed by atoms with Crippen LogP contribution < -0.4 is 15.8 Å². The molecule has 0 fully saturated rings. The molecule has 0 saturated heterocycles. The fourth-order valence-electron chi connectivity index (χ4n) is 3.09. The maximum absolute atomic E-state index is 13.3. The van der Waals surface area contributed by atoms with Crippen molar-refractivity contribution in [3.8, 4) is 0 Å². The van der Waals surface area contributed by atoms with E-state index in [0.717, 1.165) is 23.3 Å². The zero-order chi connectivity index (χ0) is 20.1. The second-order valence-corrected chi connectivity index (χ2v) is 9.93. The summed E-state index contributed by atoms with van der Waals surface area (Å²) in [5.74, 6) is -0.119. The molecule has 0 unspecified atom stereocenters. The molecule has 2 aromatic heterocycles. The number of hydrogen-bond donors (Lipinski definition) is 2. The van der Waals surface area contributed by atoms with Gasteiger partial charge >= 0.3 is 0 Å². The number of aromatic nitrogens is 2. The first kappa shape index (κ1) is 19.1. The minimum Gasteiger partial charge on any atom is -0.369 e. The third kappa shape index (κ3) is 3.14. The molecule has 9 nitrogen and oxygen atoms in total. The summed E-state index contributed by atoms with van der Waals surface area (Å²) in [6.07, 6.45) is 3.21. The molecule has 0 aliphatic heterocycles. The minimum absolute atomic E-state index is 0.119. The molecule has 4 rings (SSSR count). The lowest BCUT2D eigenvalue weighted by atomic mass is 10.1. The first-order valence-electron chi connectivity index (χ1n) is 8.18. The van der Waals surface area contributed by atoms with E-state index in [-0.39, 0.29) is 11.0 Å². The van der Waals surface area contributed by atoms with Crippen LogP contribution in [0, 0.1) is 3.70 Å². The van der Waals surface area contributed by atoms with Crippen LogP contribution in [0.3, 0.4) is 0 Å². The average Bonchev–Trinajstić information content (AvgIpc) is 3.32. The zero-order valence-corrected chi connectivity index (χ0v) is 18.5. The molecular formula is C16H16IN7O2S2. The number of anilines is 1. The Morgan fingerprint density at radius 2 is 2.14 bits per heavy atom. The van der Waals surface area contributed by atoms with Gasteiger partial charge in [0.05, 0.1) is 11.4 Å². The van der Waals surface area contributed by atoms with E-state index in [4.69, 9.17) is 11.5 Å². The predicted octanol–water partition coefficient (Wildman–Crippen LogP) is 1.75. The normalized spacial score (nSPS) is 15.1. The molecule has 3 aromatic rings. The summed E-state index contributed by atoms with van der Waals surface area (Å²) in [5, 5.41) is 9.78. The standard InChI is InChI=1S/C16H16IN7O2S2/c1-23(28(25,26)14-13(17)20-16-24(14)6-7-27-16)10-4-2-9-3-5-12(11(9)8-10)21-22-15(18)19/h2,4,6-8H,3,5H2,1H3,(H4,18,19,22)/b21-12-. The molecule has 1 aliphatic carbocycles. The number of nitrogens with two attached hydrogens (primary N) is 2. The van der Waals surface area contributed by atoms with Crippen molar-refractivity contribution in [3.05, 3.63) is 44.6 Å². The molecule has 146 valence electrons. The molecule has 0 atom stereocenters. The maximum atomic E-state index is 13.3. The van der Waals surface area contributed by atoms with Gasteiger partial charge in [-0.15, -0.1) is 16.4 Å². The van der Waals surface area contributed by atoms with E-state index in [1.807, 2.05) is 28.7 Å². The Hall–Kier alpha value is -2.19. The van der Waals surface area contributed by atoms with Crippen molar-refractivity contribution in [3.63, 3.8) is 0 Å². The highest BCUT2D eigenvalue weighted by molar-refractivity contribution is 14.1. The van der Waals surface area contributed by atoms with Crippen molar-refractivity contribution in [1.82, 2.24) is 9.38 Å². The number of imidazole rings is 1. The van der Waals surface area contributed by atoms with Crippen molar-refractivity contribution in [1.29, 1.82) is 0 Å². The van der Waals surface area contributed by atoms with Crippen LogP contribution in [0.1, 0.15) is 17.5 Å². The first-order valence-corrected chi connectivity index (χ1v) is 11.6. The van der Waals surface area contributed by atoms with E-state index in [1.165, 1.54) is 22.7 Å². The SMILES string of the molecule is CN(c1ccc2c(c1)/C(=N\N=C(N)N)CC2)S(=O)(=O)c1c(I)nc2sccn12. The molecule has 2 heterocycles. The van der Waals surface area contributed by atoms with Crippen LogP contribution in [0.15, 0.2) is 45.0 Å². The smallest absolute Gasteiger partial charge is 0.282 e. The van der Waals surface area contributed by atoms with Gasteiger partial charge in [0.25, 0.3) is 10.0 Å². The highest BCUT2D eigenvalue weighted by Crippen LogP contribution is 2.31. The highest BCUT2D eigenvalue weighted by atomic mass is 127. The topological polar surface area (TPSA) is 131 Å². The summed E-state index contributed by atoms with van der Waals surface area (Å²) < 4.78 is 29.9. The van der Waals surface area contributed by atoms with Crippen molar-refractivity contribution in [2.24, 2.45) is 21.7 Å². The quantitative estimate of drug-likeness (QED) is 0.230. The van der Waals surface area contributed by atoms with E-state index in [1.54, 1.807) is 28.1 Å². The molecule has 0 radical (unpaired) electrons. The van der Waals surface area contributed by atoms with Gasteiger partial charge in [-0.05, 0) is 53.1 Å². The van der Waals surface area contributed by atoms with Crippen LogP contribution in [-0.2, 0) is 16.4 Å². The molecule has 0 amide bonds. The molecule has 1 aliphatic rings. The molecule has 0 bridgehead atoms. The van der Waals surface area contributed by atoms with Crippen molar-refractivity contribution < 1.29 is 8.42 Å². The van der Waals surface area contributed by atoms with Gasteiger partial charge in [0, 0.05) is 24.2 Å². The highest BCUT2D eigenvalue weighted by Gasteiger charge is 2.30. The first-order chi connectivity index (χ1) is 13.3. The molecule has 4 N–H and O–H groups in total. The Balaban J connectivity index is 1.77. The Bertz CT molecular complexity index is 1240. The monoisotopic (exact) mass is 529 g/mol. The van der Waals surface area contributed by atoms with Gasteiger partial charge in [-0.1, -0.05) is 6.07 Å². The van der Waals surface area contributed by atoms with Crippen molar-refractivity contribution in [2.45, 2.75) is 17.9 Å². The Morgan fingerprint density at radius 3 is 2.89 bits per heavy atom. The van der Waals surface area contributed by atoms with Gasteiger partial charge in [-0.2, -0.15) is 13.5 Å². The van der Waals surface area contributed by atoms with Crippen LogP contribution in [0.5, 0.6) is 0 Å². The minimum atomic E-state index is -3.81. The molecule has 28 heavy (non-hydrogen) atoms. The summed E-state index contributed by atoms with van der Waals surface area (Å²) in [6.45, 7) is 0. The predicted molar refractivity (Wildman–Crippen MR) is 118 cm³/mol. The van der Waals surface area contributed by atoms with Crippen LogP contribution in [0.2, 0.25) is 0 Å². The molecule has 0 spiro atoms. The van der Waals surface area contributed by atoms with Crippen LogP contribution in [-0.4, -0.2) is 36.5 Å². The second kappa shape index (κ2) is 7.00. The summed E-state index contributed by atoms with van der Waals surface area (Å²) in [4.78, 5) is 4.97. The van der Waals surface area contributed by atoms with Crippen molar-refractivity contribution >= 4 is 66.3 Å². The third-order valence-electron chi connectivity index (χ3n) is 4.47. The molecule has 1 aromatic carbocycles. The van der Waals surface area contributed by atoms with Crippen molar-refractivity contribution in [2.75, 3.05) is 11.4 Å². The number of nitrogens with zero attached hydrogens (tertiary/aromatic N) is 5. The number of halogens is 1. The second-order valence-electron chi connectivity index (χ2n) is 6.15. The van der Waals surface area contributed by atoms with Gasteiger partial charge in [0.15, 0.2) is 9.99 Å². The number of sulfonamides is 1. The van der Waals surface area contributed by atoms with Crippen LogP contribution in [0.4, 0.5) is 5.69 Å². The number of fused-ring (bicyclic) bond motifs is 2. The Morgan fingerprint density at radius 1 is 1.36 bits per heavy atom. The van der Waals surface area contributed by atoms with Gasteiger partial charge in [-0.3, -0.25) is 8.71 Å². The number of rotatable bonds is 4. The van der Waals surface area contributed by atoms with E-state index in [9.17, 15) is 8.42 Å². The van der Waals surface area contributed by atoms with E-state index in [2.05, 4.69) is 15.2 Å². The zero-order valence-electron chi connectivity index (χ0n) is 14.7. The summed E-state index contributed by atoms with van der Waals surface area (Å²) in [6, 6.07) is 5.51. The third-order valence-corrected chi connectivity index (χ3v) is 8.15. The van der Waals surface area contributed by atoms with Gasteiger partial charge in [0.2, 0.25) is 5.96 Å². The van der Waals surface area contributed by atoms with Gasteiger partial charge in [0.1, 0.15) is 3.70 Å². The largest absolute Gasteiger partial charge is 0.369 e. The summed E-state index contributed by atoms with van der Waals surface area (Å²) in [7, 11) is -2.28. The number of thiazole rings is 1. The Kier molecular flexibility index (Phi) is 4.79. The lowest BCUT2D eigenvalue weighted by Crippen LogP contribution is -2.28. The van der Waals surface area contributed by atoms with E-state index < -0.39 is 10.0 Å². The van der Waals surface area contributed by atoms with Gasteiger partial charge < -0.3 is 11.5 Å². The van der Waals surface area contributed by atoms with Gasteiger partial charge in [-0.25, -0.2) is 4.98 Å². The van der Waals surface area contributed by atoms with E-state index >= 15 is 0 Å². The fraction of sp³-hybridized carbons (Fsp3) is 0.188. The average molecular weight is 529 g/mol. The summed E-state index contributed by atoms with van der Waals surface area (Å²) in [5.41, 5.74) is 13.9. The van der Waals surface area contributed by atoms with E-state index in [0.29, 0.717) is 20.8 Å². The number of aryl methyl sites for hydroxylation is 1. The molecule has 0 saturated carbocycles. The number of guanidine groups is 1. The fourth-order valence-corrected chi connectivity index (χ4v) is 6.66.